The number of hydrogen-bond acceptors (Lipinski definition) is 4. The summed E-state index contributed by atoms with van der Waals surface area (Å²) in [4.78, 5) is 12.4. The van der Waals surface area contributed by atoms with E-state index in [9.17, 15) is 4.79 Å². The minimum absolute atomic E-state index is 0.123. The number of aromatic nitrogens is 3. The molecular weight excluding hydrogens is 460 g/mol. The van der Waals surface area contributed by atoms with Crippen LogP contribution in [0.25, 0.3) is 11.4 Å². The van der Waals surface area contributed by atoms with E-state index < -0.39 is 0 Å². The molecule has 5 nitrogen and oxygen atoms in total. The van der Waals surface area contributed by atoms with Crippen molar-refractivity contribution < 1.29 is 4.79 Å². The molecule has 0 saturated heterocycles. The third kappa shape index (κ3) is 4.84. The molecule has 0 aliphatic rings. The maximum absolute atomic E-state index is 12.4. The summed E-state index contributed by atoms with van der Waals surface area (Å²) in [5, 5.41) is 12.6. The molecule has 1 aromatic heterocycles. The molecule has 1 heterocycles. The van der Waals surface area contributed by atoms with Crippen LogP contribution in [0.15, 0.2) is 64.7 Å². The summed E-state index contributed by atoms with van der Waals surface area (Å²) in [5.74, 6) is 0.731. The summed E-state index contributed by atoms with van der Waals surface area (Å²) < 4.78 is 2.75. The van der Waals surface area contributed by atoms with Crippen LogP contribution in [-0.2, 0) is 11.3 Å². The highest BCUT2D eigenvalue weighted by molar-refractivity contribution is 9.10. The first-order chi connectivity index (χ1) is 13.5. The van der Waals surface area contributed by atoms with E-state index in [1.165, 1.54) is 11.8 Å². The lowest BCUT2D eigenvalue weighted by molar-refractivity contribution is -0.113. The number of carbonyl (C=O) groups is 1. The van der Waals surface area contributed by atoms with Crippen LogP contribution in [0, 0.1) is 6.92 Å². The second-order valence-corrected chi connectivity index (χ2v) is 8.21. The summed E-state index contributed by atoms with van der Waals surface area (Å²) in [6.45, 7) is 6.31. The Hall–Kier alpha value is -2.09. The molecule has 28 heavy (non-hydrogen) atoms. The Morgan fingerprint density at radius 1 is 1.32 bits per heavy atom. The molecule has 0 fully saturated rings. The molecule has 0 unspecified atom stereocenters. The summed E-state index contributed by atoms with van der Waals surface area (Å²) in [6, 6.07) is 13.2. The van der Waals surface area contributed by atoms with Crippen molar-refractivity contribution >= 4 is 50.9 Å². The van der Waals surface area contributed by atoms with Gasteiger partial charge in [0.1, 0.15) is 0 Å². The van der Waals surface area contributed by atoms with Gasteiger partial charge in [-0.3, -0.25) is 9.36 Å². The fraction of sp³-hybridized carbons (Fsp3) is 0.150. The monoisotopic (exact) mass is 476 g/mol. The fourth-order valence-electron chi connectivity index (χ4n) is 2.57. The summed E-state index contributed by atoms with van der Waals surface area (Å²) >= 11 is 11.1. The van der Waals surface area contributed by atoms with Crippen molar-refractivity contribution in [3.8, 4) is 11.4 Å². The van der Waals surface area contributed by atoms with Gasteiger partial charge in [0.2, 0.25) is 5.91 Å². The van der Waals surface area contributed by atoms with Crippen LogP contribution >= 0.6 is 39.3 Å². The fourth-order valence-corrected chi connectivity index (χ4v) is 4.13. The molecule has 1 N–H and O–H groups in total. The van der Waals surface area contributed by atoms with E-state index in [4.69, 9.17) is 11.6 Å². The van der Waals surface area contributed by atoms with E-state index in [-0.39, 0.29) is 11.7 Å². The van der Waals surface area contributed by atoms with E-state index in [0.717, 1.165) is 21.3 Å². The molecule has 0 aliphatic heterocycles. The van der Waals surface area contributed by atoms with Gasteiger partial charge < -0.3 is 5.32 Å². The van der Waals surface area contributed by atoms with Crippen LogP contribution in [0.1, 0.15) is 5.56 Å². The Morgan fingerprint density at radius 3 is 2.82 bits per heavy atom. The molecule has 2 aromatic carbocycles. The number of carbonyl (C=O) groups excluding carboxylic acids is 1. The van der Waals surface area contributed by atoms with Gasteiger partial charge in [-0.15, -0.1) is 16.8 Å². The Morgan fingerprint density at radius 2 is 2.11 bits per heavy atom. The Labute approximate surface area is 181 Å². The summed E-state index contributed by atoms with van der Waals surface area (Å²) in [7, 11) is 0. The number of anilines is 1. The number of nitrogens with one attached hydrogen (secondary N) is 1. The largest absolute Gasteiger partial charge is 0.324 e. The average Bonchev–Trinajstić information content (AvgIpc) is 3.06. The molecule has 3 aromatic rings. The predicted molar refractivity (Wildman–Crippen MR) is 119 cm³/mol. The molecule has 3 rings (SSSR count). The molecule has 0 bridgehead atoms. The second-order valence-electron chi connectivity index (χ2n) is 6.01. The number of aryl methyl sites for hydroxylation is 1. The molecule has 8 heteroatoms. The maximum atomic E-state index is 12.4. The number of allylic oxidation sites excluding steroid dienone is 1. The van der Waals surface area contributed by atoms with Crippen molar-refractivity contribution in [2.75, 3.05) is 11.1 Å². The standard InChI is InChI=1S/C20H18BrClN4OS/c1-3-10-26-19(14-6-4-5-7-16(14)22)24-25-20(26)28-12-18(27)23-17-9-8-13(2)11-15(17)21/h3-9,11H,1,10,12H2,2H3,(H,23,27). The molecule has 0 atom stereocenters. The summed E-state index contributed by atoms with van der Waals surface area (Å²) in [6.07, 6.45) is 1.76. The van der Waals surface area contributed by atoms with E-state index in [0.29, 0.717) is 22.5 Å². The van der Waals surface area contributed by atoms with Crippen LogP contribution in [-0.4, -0.2) is 26.4 Å². The van der Waals surface area contributed by atoms with Gasteiger partial charge >= 0.3 is 0 Å². The normalized spacial score (nSPS) is 10.7. The number of thioether (sulfide) groups is 1. The molecule has 0 saturated carbocycles. The third-order valence-electron chi connectivity index (χ3n) is 3.87. The van der Waals surface area contributed by atoms with Crippen molar-refractivity contribution in [2.24, 2.45) is 0 Å². The van der Waals surface area contributed by atoms with Gasteiger partial charge in [0.15, 0.2) is 11.0 Å². The maximum Gasteiger partial charge on any atom is 0.234 e. The van der Waals surface area contributed by atoms with Crippen molar-refractivity contribution in [2.45, 2.75) is 18.6 Å². The quantitative estimate of drug-likeness (QED) is 0.356. The van der Waals surface area contributed by atoms with Crippen molar-refractivity contribution in [1.82, 2.24) is 14.8 Å². The first-order valence-electron chi connectivity index (χ1n) is 8.47. The van der Waals surface area contributed by atoms with E-state index in [1.807, 2.05) is 54.0 Å². The van der Waals surface area contributed by atoms with E-state index >= 15 is 0 Å². The Bertz CT molecular complexity index is 1020. The molecule has 144 valence electrons. The number of hydrogen-bond donors (Lipinski definition) is 1. The molecular formula is C20H18BrClN4OS. The van der Waals surface area contributed by atoms with Crippen LogP contribution < -0.4 is 5.32 Å². The lowest BCUT2D eigenvalue weighted by Gasteiger charge is -2.10. The highest BCUT2D eigenvalue weighted by Gasteiger charge is 2.17. The number of nitrogens with zero attached hydrogens (tertiary/aromatic N) is 3. The topological polar surface area (TPSA) is 59.8 Å². The van der Waals surface area contributed by atoms with Crippen LogP contribution in [0.5, 0.6) is 0 Å². The van der Waals surface area contributed by atoms with E-state index in [2.05, 4.69) is 38.0 Å². The Kier molecular flexibility index (Phi) is 6.93. The minimum atomic E-state index is -0.123. The SMILES string of the molecule is C=CCn1c(SCC(=O)Nc2ccc(C)cc2Br)nnc1-c1ccccc1Cl. The third-order valence-corrected chi connectivity index (χ3v) is 5.83. The summed E-state index contributed by atoms with van der Waals surface area (Å²) in [5.41, 5.74) is 2.64. The minimum Gasteiger partial charge on any atom is -0.324 e. The van der Waals surface area contributed by atoms with Gasteiger partial charge in [-0.25, -0.2) is 0 Å². The zero-order valence-corrected chi connectivity index (χ0v) is 18.3. The van der Waals surface area contributed by atoms with Crippen molar-refractivity contribution in [3.63, 3.8) is 0 Å². The van der Waals surface area contributed by atoms with Crippen molar-refractivity contribution in [3.05, 3.63) is 70.2 Å². The van der Waals surface area contributed by atoms with Crippen molar-refractivity contribution in [1.29, 1.82) is 0 Å². The van der Waals surface area contributed by atoms with Gasteiger partial charge in [0.05, 0.1) is 16.5 Å². The predicted octanol–water partition coefficient (Wildman–Crippen LogP) is 5.59. The highest BCUT2D eigenvalue weighted by Crippen LogP contribution is 2.29. The van der Waals surface area contributed by atoms with Crippen LogP contribution in [0.4, 0.5) is 5.69 Å². The first-order valence-corrected chi connectivity index (χ1v) is 10.6. The molecule has 1 amide bonds. The molecule has 0 spiro atoms. The van der Waals surface area contributed by atoms with E-state index in [1.54, 1.807) is 6.08 Å². The zero-order valence-electron chi connectivity index (χ0n) is 15.2. The highest BCUT2D eigenvalue weighted by atomic mass is 79.9. The number of rotatable bonds is 7. The molecule has 0 aliphatic carbocycles. The number of amides is 1. The lowest BCUT2D eigenvalue weighted by atomic mass is 10.2. The second kappa shape index (κ2) is 9.41. The van der Waals surface area contributed by atoms with Gasteiger partial charge in [-0.2, -0.15) is 0 Å². The van der Waals surface area contributed by atoms with Gasteiger partial charge in [0.25, 0.3) is 0 Å². The number of halogens is 2. The molecule has 0 radical (unpaired) electrons. The van der Waals surface area contributed by atoms with Gasteiger partial charge in [-0.05, 0) is 52.7 Å². The van der Waals surface area contributed by atoms with Crippen LogP contribution in [0.2, 0.25) is 5.02 Å². The Balaban J connectivity index is 1.74. The zero-order chi connectivity index (χ0) is 20.1. The first kappa shape index (κ1) is 20.6. The van der Waals surface area contributed by atoms with Gasteiger partial charge in [-0.1, -0.05) is 47.6 Å². The number of benzene rings is 2. The van der Waals surface area contributed by atoms with Gasteiger partial charge in [0, 0.05) is 16.6 Å². The lowest BCUT2D eigenvalue weighted by Crippen LogP contribution is -2.15. The average molecular weight is 478 g/mol. The van der Waals surface area contributed by atoms with Crippen LogP contribution in [0.3, 0.4) is 0 Å². The smallest absolute Gasteiger partial charge is 0.234 e.